The van der Waals surface area contributed by atoms with E-state index in [1.807, 2.05) is 49.4 Å². The highest BCUT2D eigenvalue weighted by molar-refractivity contribution is 5.92. The second kappa shape index (κ2) is 7.78. The number of rotatable bonds is 4. The third-order valence-corrected chi connectivity index (χ3v) is 5.97. The average Bonchev–Trinajstić information content (AvgIpc) is 3.21. The van der Waals surface area contributed by atoms with Gasteiger partial charge in [-0.1, -0.05) is 49.6 Å². The zero-order valence-corrected chi connectivity index (χ0v) is 17.1. The standard InChI is InChI=1S/C24H25N5O/c1-16-15-22(27-26-16)25-23-20-9-5-6-10-21(20)24(30)29(28-23)19-13-11-18(12-14-19)17-7-3-2-4-8-17/h5-6,9-15,17H,2-4,7-8H2,1H3,(H2,25,26,27,28). The summed E-state index contributed by atoms with van der Waals surface area (Å²) in [6, 6.07) is 17.8. The summed E-state index contributed by atoms with van der Waals surface area (Å²) < 4.78 is 1.48. The van der Waals surface area contributed by atoms with Gasteiger partial charge in [0.1, 0.15) is 0 Å². The molecule has 0 aliphatic heterocycles. The van der Waals surface area contributed by atoms with E-state index >= 15 is 0 Å². The number of aromatic amines is 1. The fourth-order valence-electron chi connectivity index (χ4n) is 4.38. The van der Waals surface area contributed by atoms with Gasteiger partial charge in [0, 0.05) is 17.1 Å². The number of nitrogens with one attached hydrogen (secondary N) is 2. The van der Waals surface area contributed by atoms with Gasteiger partial charge < -0.3 is 5.32 Å². The first-order chi connectivity index (χ1) is 14.7. The van der Waals surface area contributed by atoms with Crippen molar-refractivity contribution in [2.75, 3.05) is 5.32 Å². The lowest BCUT2D eigenvalue weighted by Gasteiger charge is -2.22. The molecule has 0 amide bonds. The molecule has 6 nitrogen and oxygen atoms in total. The van der Waals surface area contributed by atoms with Crippen LogP contribution >= 0.6 is 0 Å². The Morgan fingerprint density at radius 3 is 2.43 bits per heavy atom. The molecule has 2 aromatic carbocycles. The molecule has 6 heteroatoms. The van der Waals surface area contributed by atoms with Gasteiger partial charge in [0.15, 0.2) is 11.6 Å². The molecule has 2 heterocycles. The third kappa shape index (κ3) is 3.49. The van der Waals surface area contributed by atoms with E-state index in [4.69, 9.17) is 0 Å². The number of aryl methyl sites for hydroxylation is 1. The van der Waals surface area contributed by atoms with E-state index in [-0.39, 0.29) is 5.56 Å². The van der Waals surface area contributed by atoms with Crippen LogP contribution in [0.5, 0.6) is 0 Å². The Hall–Kier alpha value is -3.41. The van der Waals surface area contributed by atoms with E-state index in [1.54, 1.807) is 0 Å². The van der Waals surface area contributed by atoms with Crippen LogP contribution in [0.3, 0.4) is 0 Å². The zero-order chi connectivity index (χ0) is 20.5. The summed E-state index contributed by atoms with van der Waals surface area (Å²) in [5.74, 6) is 1.91. The Kier molecular flexibility index (Phi) is 4.83. The molecule has 1 fully saturated rings. The van der Waals surface area contributed by atoms with Crippen molar-refractivity contribution in [3.63, 3.8) is 0 Å². The van der Waals surface area contributed by atoms with E-state index in [9.17, 15) is 4.79 Å². The maximum atomic E-state index is 13.2. The van der Waals surface area contributed by atoms with Gasteiger partial charge in [0.05, 0.1) is 11.1 Å². The zero-order valence-electron chi connectivity index (χ0n) is 17.1. The first kappa shape index (κ1) is 18.6. The Morgan fingerprint density at radius 2 is 1.73 bits per heavy atom. The van der Waals surface area contributed by atoms with Crippen LogP contribution in [0.1, 0.15) is 49.3 Å². The van der Waals surface area contributed by atoms with E-state index < -0.39 is 0 Å². The molecule has 0 saturated heterocycles. The van der Waals surface area contributed by atoms with Crippen molar-refractivity contribution in [2.24, 2.45) is 0 Å². The fourth-order valence-corrected chi connectivity index (χ4v) is 4.38. The maximum absolute atomic E-state index is 13.2. The normalized spacial score (nSPS) is 14.8. The van der Waals surface area contributed by atoms with Crippen LogP contribution in [-0.2, 0) is 0 Å². The highest BCUT2D eigenvalue weighted by atomic mass is 16.1. The minimum atomic E-state index is -0.125. The van der Waals surface area contributed by atoms with Crippen LogP contribution in [-0.4, -0.2) is 20.0 Å². The predicted octanol–water partition coefficient (Wildman–Crippen LogP) is 5.21. The first-order valence-electron chi connectivity index (χ1n) is 10.6. The summed E-state index contributed by atoms with van der Waals surface area (Å²) in [6.45, 7) is 1.94. The monoisotopic (exact) mass is 399 g/mol. The molecule has 4 aromatic rings. The van der Waals surface area contributed by atoms with Gasteiger partial charge in [0.2, 0.25) is 0 Å². The molecular weight excluding hydrogens is 374 g/mol. The molecule has 0 atom stereocenters. The van der Waals surface area contributed by atoms with Crippen LogP contribution < -0.4 is 10.9 Å². The second-order valence-electron chi connectivity index (χ2n) is 8.10. The summed E-state index contributed by atoms with van der Waals surface area (Å²) in [7, 11) is 0. The van der Waals surface area contributed by atoms with Gasteiger partial charge in [-0.05, 0) is 49.4 Å². The summed E-state index contributed by atoms with van der Waals surface area (Å²) in [5.41, 5.74) is 2.96. The topological polar surface area (TPSA) is 75.6 Å². The number of H-pyrrole nitrogens is 1. The summed E-state index contributed by atoms with van der Waals surface area (Å²) >= 11 is 0. The van der Waals surface area contributed by atoms with Crippen molar-refractivity contribution in [3.8, 4) is 5.69 Å². The molecule has 2 aromatic heterocycles. The first-order valence-corrected chi connectivity index (χ1v) is 10.6. The van der Waals surface area contributed by atoms with Crippen LogP contribution in [0.4, 0.5) is 11.6 Å². The van der Waals surface area contributed by atoms with Crippen molar-refractivity contribution in [1.82, 2.24) is 20.0 Å². The highest BCUT2D eigenvalue weighted by Crippen LogP contribution is 2.33. The van der Waals surface area contributed by atoms with Crippen LogP contribution in [0.25, 0.3) is 16.5 Å². The van der Waals surface area contributed by atoms with E-state index in [2.05, 4.69) is 32.7 Å². The summed E-state index contributed by atoms with van der Waals surface area (Å²) in [4.78, 5) is 13.2. The molecule has 30 heavy (non-hydrogen) atoms. The lowest BCUT2D eigenvalue weighted by molar-refractivity contribution is 0.443. The van der Waals surface area contributed by atoms with Crippen molar-refractivity contribution >= 4 is 22.4 Å². The number of benzene rings is 2. The molecule has 1 saturated carbocycles. The lowest BCUT2D eigenvalue weighted by Crippen LogP contribution is -2.22. The van der Waals surface area contributed by atoms with Crippen molar-refractivity contribution < 1.29 is 0 Å². The van der Waals surface area contributed by atoms with Gasteiger partial charge in [-0.2, -0.15) is 9.78 Å². The Labute approximate surface area is 175 Å². The lowest BCUT2D eigenvalue weighted by atomic mass is 9.84. The number of hydrogen-bond acceptors (Lipinski definition) is 4. The average molecular weight is 399 g/mol. The molecule has 152 valence electrons. The number of hydrogen-bond donors (Lipinski definition) is 2. The minimum Gasteiger partial charge on any atom is -0.321 e. The number of aromatic nitrogens is 4. The molecule has 1 aliphatic carbocycles. The maximum Gasteiger partial charge on any atom is 0.279 e. The van der Waals surface area contributed by atoms with Crippen LogP contribution in [0, 0.1) is 6.92 Å². The minimum absolute atomic E-state index is 0.125. The van der Waals surface area contributed by atoms with Crippen LogP contribution in [0.15, 0.2) is 59.4 Å². The molecule has 0 unspecified atom stereocenters. The molecule has 5 rings (SSSR count). The largest absolute Gasteiger partial charge is 0.321 e. The molecule has 0 radical (unpaired) electrons. The molecule has 0 spiro atoms. The van der Waals surface area contributed by atoms with Crippen molar-refractivity contribution in [2.45, 2.75) is 44.9 Å². The summed E-state index contributed by atoms with van der Waals surface area (Å²) in [5, 5.41) is 16.5. The van der Waals surface area contributed by atoms with E-state index in [0.29, 0.717) is 22.9 Å². The SMILES string of the molecule is Cc1cc(Nc2nn(-c3ccc(C4CCCCC4)cc3)c(=O)c3ccccc23)n[nH]1. The molecular formula is C24H25N5O. The fraction of sp³-hybridized carbons (Fsp3) is 0.292. The molecule has 0 bridgehead atoms. The van der Waals surface area contributed by atoms with Crippen LogP contribution in [0.2, 0.25) is 0 Å². The van der Waals surface area contributed by atoms with Crippen molar-refractivity contribution in [3.05, 3.63) is 76.2 Å². The van der Waals surface area contributed by atoms with Gasteiger partial charge in [-0.3, -0.25) is 9.89 Å². The number of fused-ring (bicyclic) bond motifs is 1. The Balaban J connectivity index is 1.56. The molecule has 1 aliphatic rings. The van der Waals surface area contributed by atoms with E-state index in [1.165, 1.54) is 42.3 Å². The summed E-state index contributed by atoms with van der Waals surface area (Å²) in [6.07, 6.45) is 6.46. The van der Waals surface area contributed by atoms with Gasteiger partial charge in [-0.25, -0.2) is 0 Å². The number of nitrogens with zero attached hydrogens (tertiary/aromatic N) is 3. The Bertz CT molecular complexity index is 1230. The quantitative estimate of drug-likeness (QED) is 0.494. The Morgan fingerprint density at radius 1 is 1.00 bits per heavy atom. The second-order valence-corrected chi connectivity index (χ2v) is 8.10. The van der Waals surface area contributed by atoms with E-state index in [0.717, 1.165) is 16.8 Å². The van der Waals surface area contributed by atoms with Gasteiger partial charge in [-0.15, -0.1) is 5.10 Å². The molecule has 2 N–H and O–H groups in total. The number of anilines is 2. The van der Waals surface area contributed by atoms with Crippen molar-refractivity contribution in [1.29, 1.82) is 0 Å². The third-order valence-electron chi connectivity index (χ3n) is 5.97. The van der Waals surface area contributed by atoms with Gasteiger partial charge in [0.25, 0.3) is 5.56 Å². The smallest absolute Gasteiger partial charge is 0.279 e. The predicted molar refractivity (Wildman–Crippen MR) is 120 cm³/mol. The van der Waals surface area contributed by atoms with Gasteiger partial charge >= 0.3 is 0 Å². The highest BCUT2D eigenvalue weighted by Gasteiger charge is 2.16.